The van der Waals surface area contributed by atoms with Gasteiger partial charge < -0.3 is 4.18 Å². The average molecular weight is 314 g/mol. The fourth-order valence-corrected chi connectivity index (χ4v) is 0.732. The van der Waals surface area contributed by atoms with Crippen molar-refractivity contribution in [1.82, 2.24) is 0 Å². The minimum atomic E-state index is -0.427. The Bertz CT molecular complexity index is 228. The first kappa shape index (κ1) is 12.1. The Hall–Kier alpha value is 0.120. The van der Waals surface area contributed by atoms with Crippen molar-refractivity contribution in [3.63, 3.8) is 0 Å². The molecular weight excluding hydrogens is 307 g/mol. The third-order valence-corrected chi connectivity index (χ3v) is 1.26. The Morgan fingerprint density at radius 3 is 2.17 bits per heavy atom. The standard InChI is InChI=1S/C7H6O2S.HIS/c8-7(9-10)6-4-2-1-3-5-6;1-2/h1-5,10H;2H. The molecule has 0 atom stereocenters. The zero-order chi connectivity index (χ0) is 9.40. The maximum absolute atomic E-state index is 10.7. The first-order valence-corrected chi connectivity index (χ1v) is 6.52. The summed E-state index contributed by atoms with van der Waals surface area (Å²) in [6.07, 6.45) is 0. The predicted octanol–water partition coefficient (Wildman–Crippen LogP) is 2.95. The number of hydrogen-bond donors (Lipinski definition) is 2. The van der Waals surface area contributed by atoms with Crippen molar-refractivity contribution in [2.24, 2.45) is 0 Å². The second kappa shape index (κ2) is 7.75. The molecule has 0 amide bonds. The zero-order valence-electron chi connectivity index (χ0n) is 5.98. The van der Waals surface area contributed by atoms with E-state index in [1.54, 1.807) is 24.3 Å². The third-order valence-electron chi connectivity index (χ3n) is 1.09. The molecule has 1 rings (SSSR count). The quantitative estimate of drug-likeness (QED) is 0.474. The highest BCUT2D eigenvalue weighted by Crippen LogP contribution is 2.01. The number of thiol groups is 2. The van der Waals surface area contributed by atoms with Gasteiger partial charge in [0.2, 0.25) is 0 Å². The molecule has 0 aliphatic heterocycles. The summed E-state index contributed by atoms with van der Waals surface area (Å²) in [6.45, 7) is 0. The minimum Gasteiger partial charge on any atom is -0.391 e. The van der Waals surface area contributed by atoms with Gasteiger partial charge in [-0.3, -0.25) is 0 Å². The maximum Gasteiger partial charge on any atom is 0.349 e. The molecule has 0 unspecified atom stereocenters. The summed E-state index contributed by atoms with van der Waals surface area (Å²) < 4.78 is 4.19. The molecule has 1 aromatic carbocycles. The molecule has 0 aliphatic rings. The van der Waals surface area contributed by atoms with Crippen LogP contribution in [-0.4, -0.2) is 5.97 Å². The van der Waals surface area contributed by atoms with Gasteiger partial charge in [0, 0.05) is 12.9 Å². The average Bonchev–Trinajstić information content (AvgIpc) is 2.21. The lowest BCUT2D eigenvalue weighted by atomic mass is 10.2. The Kier molecular flexibility index (Phi) is 7.83. The normalized spacial score (nSPS) is 7.92. The van der Waals surface area contributed by atoms with Gasteiger partial charge in [0.15, 0.2) is 0 Å². The van der Waals surface area contributed by atoms with Crippen molar-refractivity contribution in [1.29, 1.82) is 0 Å². The maximum atomic E-state index is 10.7. The van der Waals surface area contributed by atoms with E-state index in [0.29, 0.717) is 5.56 Å². The Morgan fingerprint density at radius 1 is 1.25 bits per heavy atom. The number of benzene rings is 1. The fourth-order valence-electron chi connectivity index (χ4n) is 0.627. The molecule has 1 aromatic rings. The van der Waals surface area contributed by atoms with Crippen LogP contribution in [0.15, 0.2) is 30.3 Å². The first-order chi connectivity index (χ1) is 5.84. The van der Waals surface area contributed by atoms with Crippen LogP contribution < -0.4 is 0 Å². The number of carbonyl (C=O) groups excluding carboxylic acids is 1. The highest BCUT2D eigenvalue weighted by atomic mass is 127. The molecule has 2 nitrogen and oxygen atoms in total. The summed E-state index contributed by atoms with van der Waals surface area (Å²) in [6, 6.07) is 8.69. The molecule has 5 heteroatoms. The molecule has 0 aromatic heterocycles. The van der Waals surface area contributed by atoms with Crippen LogP contribution in [0.2, 0.25) is 0 Å². The summed E-state index contributed by atoms with van der Waals surface area (Å²) >= 11 is 5.22. The van der Waals surface area contributed by atoms with E-state index in [2.05, 4.69) is 26.9 Å². The second-order valence-corrected chi connectivity index (χ2v) is 1.93. The smallest absolute Gasteiger partial charge is 0.349 e. The molecule has 12 heavy (non-hydrogen) atoms. The molecule has 0 saturated heterocycles. The largest absolute Gasteiger partial charge is 0.391 e. The lowest BCUT2D eigenvalue weighted by Gasteiger charge is -1.93. The van der Waals surface area contributed by atoms with E-state index in [0.717, 1.165) is 0 Å². The number of hydrogen-bond acceptors (Lipinski definition) is 4. The van der Waals surface area contributed by atoms with E-state index in [9.17, 15) is 4.79 Å². The predicted molar refractivity (Wildman–Crippen MR) is 63.8 cm³/mol. The van der Waals surface area contributed by atoms with Crippen molar-refractivity contribution < 1.29 is 8.98 Å². The summed E-state index contributed by atoms with van der Waals surface area (Å²) in [5.74, 6) is -0.427. The van der Waals surface area contributed by atoms with Gasteiger partial charge in [0.1, 0.15) is 0 Å². The molecule has 0 fully saturated rings. The van der Waals surface area contributed by atoms with Crippen molar-refractivity contribution in [3.05, 3.63) is 35.9 Å². The van der Waals surface area contributed by atoms with Gasteiger partial charge in [-0.05, 0) is 33.3 Å². The molecule has 0 N–H and O–H groups in total. The van der Waals surface area contributed by atoms with Gasteiger partial charge in [-0.15, -0.1) is 9.80 Å². The number of halogens is 1. The van der Waals surface area contributed by atoms with Crippen molar-refractivity contribution in [2.45, 2.75) is 0 Å². The van der Waals surface area contributed by atoms with Gasteiger partial charge in [0.05, 0.1) is 5.56 Å². The Morgan fingerprint density at radius 2 is 1.75 bits per heavy atom. The summed E-state index contributed by atoms with van der Waals surface area (Å²) in [5, 5.41) is 0. The van der Waals surface area contributed by atoms with E-state index in [-0.39, 0.29) is 0 Å². The topological polar surface area (TPSA) is 26.3 Å². The zero-order valence-corrected chi connectivity index (χ0v) is 9.92. The summed E-state index contributed by atoms with van der Waals surface area (Å²) in [4.78, 5) is 10.7. The van der Waals surface area contributed by atoms with E-state index >= 15 is 0 Å². The lowest BCUT2D eigenvalue weighted by molar-refractivity contribution is 0.0772. The van der Waals surface area contributed by atoms with E-state index in [1.807, 2.05) is 27.3 Å². The van der Waals surface area contributed by atoms with Gasteiger partial charge in [-0.2, -0.15) is 0 Å². The SMILES string of the molecule is O=C(OS)c1ccccc1.SI. The van der Waals surface area contributed by atoms with Gasteiger partial charge in [0.25, 0.3) is 0 Å². The first-order valence-electron chi connectivity index (χ1n) is 2.92. The van der Waals surface area contributed by atoms with E-state index in [4.69, 9.17) is 0 Å². The second-order valence-electron chi connectivity index (χ2n) is 1.74. The molecule has 66 valence electrons. The van der Waals surface area contributed by atoms with E-state index < -0.39 is 5.97 Å². The molecule has 0 bridgehead atoms. The van der Waals surface area contributed by atoms with Crippen LogP contribution >= 0.6 is 43.9 Å². The fraction of sp³-hybridized carbons (Fsp3) is 0. The van der Waals surface area contributed by atoms with Crippen molar-refractivity contribution in [3.8, 4) is 0 Å². The lowest BCUT2D eigenvalue weighted by Crippen LogP contribution is -1.96. The van der Waals surface area contributed by atoms with Crippen LogP contribution in [0.5, 0.6) is 0 Å². The van der Waals surface area contributed by atoms with Gasteiger partial charge >= 0.3 is 5.97 Å². The van der Waals surface area contributed by atoms with Crippen LogP contribution in [0.4, 0.5) is 0 Å². The molecule has 0 spiro atoms. The summed E-state index contributed by atoms with van der Waals surface area (Å²) in [5.41, 5.74) is 0.512. The Balaban J connectivity index is 0.000000561. The molecular formula is C7H7IO2S2. The molecule has 0 saturated carbocycles. The Labute approximate surface area is 94.3 Å². The monoisotopic (exact) mass is 314 g/mol. The van der Waals surface area contributed by atoms with Gasteiger partial charge in [-0.25, -0.2) is 4.79 Å². The van der Waals surface area contributed by atoms with Crippen LogP contribution in [0.25, 0.3) is 0 Å². The molecule has 0 aliphatic carbocycles. The van der Waals surface area contributed by atoms with Crippen molar-refractivity contribution in [2.75, 3.05) is 0 Å². The minimum absolute atomic E-state index is 0.427. The van der Waals surface area contributed by atoms with E-state index in [1.165, 1.54) is 0 Å². The number of carbonyl (C=O) groups is 1. The number of rotatable bonds is 1. The van der Waals surface area contributed by atoms with Crippen LogP contribution in [0, 0.1) is 0 Å². The van der Waals surface area contributed by atoms with Crippen LogP contribution in [0.3, 0.4) is 0 Å². The third kappa shape index (κ3) is 4.22. The van der Waals surface area contributed by atoms with Gasteiger partial charge in [-0.1, -0.05) is 18.2 Å². The highest BCUT2D eigenvalue weighted by Gasteiger charge is 2.01. The van der Waals surface area contributed by atoms with Crippen molar-refractivity contribution >= 4 is 49.9 Å². The summed E-state index contributed by atoms with van der Waals surface area (Å²) in [7, 11) is 3.50. The van der Waals surface area contributed by atoms with Crippen LogP contribution in [0.1, 0.15) is 10.4 Å². The highest BCUT2D eigenvalue weighted by molar-refractivity contribution is 14.2. The van der Waals surface area contributed by atoms with Crippen LogP contribution in [-0.2, 0) is 4.18 Å². The molecule has 0 radical (unpaired) electrons. The molecule has 0 heterocycles.